The van der Waals surface area contributed by atoms with Crippen LogP contribution in [-0.4, -0.2) is 56.4 Å². The molecule has 0 radical (unpaired) electrons. The maximum absolute atomic E-state index is 13.1. The second-order valence-electron chi connectivity index (χ2n) is 7.00. The van der Waals surface area contributed by atoms with E-state index in [1.807, 2.05) is 0 Å². The summed E-state index contributed by atoms with van der Waals surface area (Å²) >= 11 is 0. The maximum Gasteiger partial charge on any atom is 0.123 e. The van der Waals surface area contributed by atoms with E-state index in [9.17, 15) is 9.50 Å². The standard InChI is InChI=1S/C19H28FNO4/c1-23-11-12-24-13-14-3-8-17(19(22)9-2-10-25-18(14)19)21-16-6-4-15(20)5-7-16/h4-7,14,17-18,21-22H,2-3,8-13H2,1H3/t14?,17-,18?,19?/m1/s1. The Morgan fingerprint density at radius 3 is 2.84 bits per heavy atom. The summed E-state index contributed by atoms with van der Waals surface area (Å²) in [7, 11) is 1.65. The van der Waals surface area contributed by atoms with Crippen LogP contribution in [0.3, 0.4) is 0 Å². The van der Waals surface area contributed by atoms with Gasteiger partial charge in [0.2, 0.25) is 0 Å². The van der Waals surface area contributed by atoms with Gasteiger partial charge in [-0.25, -0.2) is 4.39 Å². The van der Waals surface area contributed by atoms with Crippen molar-refractivity contribution in [1.29, 1.82) is 0 Å². The first-order chi connectivity index (χ1) is 12.1. The second-order valence-corrected chi connectivity index (χ2v) is 7.00. The van der Waals surface area contributed by atoms with Crippen molar-refractivity contribution in [2.75, 3.05) is 38.9 Å². The molecular weight excluding hydrogens is 325 g/mol. The fourth-order valence-electron chi connectivity index (χ4n) is 4.04. The monoisotopic (exact) mass is 353 g/mol. The molecule has 0 aromatic heterocycles. The van der Waals surface area contributed by atoms with Crippen LogP contribution in [0.15, 0.2) is 24.3 Å². The summed E-state index contributed by atoms with van der Waals surface area (Å²) in [4.78, 5) is 0. The van der Waals surface area contributed by atoms with Gasteiger partial charge in [-0.2, -0.15) is 0 Å². The summed E-state index contributed by atoms with van der Waals surface area (Å²) in [5, 5.41) is 14.8. The van der Waals surface area contributed by atoms with Crippen LogP contribution in [0.4, 0.5) is 10.1 Å². The van der Waals surface area contributed by atoms with E-state index in [4.69, 9.17) is 14.2 Å². The molecule has 0 bridgehead atoms. The lowest BCUT2D eigenvalue weighted by atomic mass is 9.69. The highest BCUT2D eigenvalue weighted by Gasteiger charge is 2.52. The molecule has 1 aliphatic carbocycles. The lowest BCUT2D eigenvalue weighted by Gasteiger charge is -2.51. The normalized spacial score (nSPS) is 32.2. The molecule has 3 rings (SSSR count). The number of hydrogen-bond acceptors (Lipinski definition) is 5. The molecule has 2 aliphatic rings. The highest BCUT2D eigenvalue weighted by atomic mass is 19.1. The molecular formula is C19H28FNO4. The molecule has 1 saturated heterocycles. The van der Waals surface area contributed by atoms with E-state index in [-0.39, 0.29) is 23.9 Å². The maximum atomic E-state index is 13.1. The predicted octanol–water partition coefficient (Wildman–Crippen LogP) is 2.59. The zero-order chi connectivity index (χ0) is 17.7. The first-order valence-corrected chi connectivity index (χ1v) is 9.06. The minimum absolute atomic E-state index is 0.113. The molecule has 5 nitrogen and oxygen atoms in total. The van der Waals surface area contributed by atoms with Gasteiger partial charge >= 0.3 is 0 Å². The van der Waals surface area contributed by atoms with Crippen molar-refractivity contribution in [1.82, 2.24) is 0 Å². The van der Waals surface area contributed by atoms with Crippen LogP contribution >= 0.6 is 0 Å². The largest absolute Gasteiger partial charge is 0.385 e. The van der Waals surface area contributed by atoms with Gasteiger partial charge in [0.1, 0.15) is 11.4 Å². The first-order valence-electron chi connectivity index (χ1n) is 9.06. The Bertz CT molecular complexity index is 541. The number of ether oxygens (including phenoxy) is 3. The minimum atomic E-state index is -0.930. The Morgan fingerprint density at radius 2 is 2.08 bits per heavy atom. The number of benzene rings is 1. The molecule has 0 amide bonds. The zero-order valence-corrected chi connectivity index (χ0v) is 14.7. The van der Waals surface area contributed by atoms with Crippen LogP contribution in [0.25, 0.3) is 0 Å². The van der Waals surface area contributed by atoms with E-state index in [0.717, 1.165) is 24.9 Å². The number of hydrogen-bond donors (Lipinski definition) is 2. The number of anilines is 1. The first kappa shape index (κ1) is 18.6. The number of fused-ring (bicyclic) bond motifs is 1. The summed E-state index contributed by atoms with van der Waals surface area (Å²) in [6, 6.07) is 6.15. The summed E-state index contributed by atoms with van der Waals surface area (Å²) < 4.78 is 29.8. The van der Waals surface area contributed by atoms with Gasteiger partial charge in [0.15, 0.2) is 0 Å². The molecule has 3 unspecified atom stereocenters. The molecule has 1 heterocycles. The fourth-order valence-corrected chi connectivity index (χ4v) is 4.04. The van der Waals surface area contributed by atoms with Crippen molar-refractivity contribution in [2.24, 2.45) is 5.92 Å². The molecule has 6 heteroatoms. The van der Waals surface area contributed by atoms with Crippen LogP contribution in [0.1, 0.15) is 25.7 Å². The smallest absolute Gasteiger partial charge is 0.123 e. The third-order valence-corrected chi connectivity index (χ3v) is 5.32. The van der Waals surface area contributed by atoms with Gasteiger partial charge in [-0.1, -0.05) is 0 Å². The molecule has 25 heavy (non-hydrogen) atoms. The lowest BCUT2D eigenvalue weighted by Crippen LogP contribution is -2.64. The van der Waals surface area contributed by atoms with Crippen molar-refractivity contribution < 1.29 is 23.7 Å². The fraction of sp³-hybridized carbons (Fsp3) is 0.684. The van der Waals surface area contributed by atoms with Gasteiger partial charge < -0.3 is 24.6 Å². The number of aliphatic hydroxyl groups is 1. The molecule has 2 N–H and O–H groups in total. The number of methoxy groups -OCH3 is 1. The summed E-state index contributed by atoms with van der Waals surface area (Å²) in [6.45, 7) is 2.36. The molecule has 2 fully saturated rings. The van der Waals surface area contributed by atoms with Gasteiger partial charge in [-0.3, -0.25) is 0 Å². The van der Waals surface area contributed by atoms with Gasteiger partial charge in [-0.15, -0.1) is 0 Å². The summed E-state index contributed by atoms with van der Waals surface area (Å²) in [6.07, 6.45) is 3.04. The third kappa shape index (κ3) is 4.31. The second kappa shape index (κ2) is 8.45. The van der Waals surface area contributed by atoms with Gasteiger partial charge in [0.25, 0.3) is 0 Å². The molecule has 1 saturated carbocycles. The van der Waals surface area contributed by atoms with Crippen LogP contribution in [0.2, 0.25) is 0 Å². The van der Waals surface area contributed by atoms with Crippen molar-refractivity contribution in [2.45, 2.75) is 43.4 Å². The van der Waals surface area contributed by atoms with E-state index in [2.05, 4.69) is 5.32 Å². The summed E-state index contributed by atoms with van der Waals surface area (Å²) in [5.41, 5.74) is -0.112. The van der Waals surface area contributed by atoms with Crippen molar-refractivity contribution in [3.05, 3.63) is 30.1 Å². The van der Waals surface area contributed by atoms with E-state index in [1.54, 1.807) is 19.2 Å². The Kier molecular flexibility index (Phi) is 6.28. The molecule has 4 atom stereocenters. The third-order valence-electron chi connectivity index (χ3n) is 5.32. The van der Waals surface area contributed by atoms with Crippen LogP contribution in [0.5, 0.6) is 0 Å². The Hall–Kier alpha value is -1.21. The van der Waals surface area contributed by atoms with Crippen LogP contribution in [-0.2, 0) is 14.2 Å². The SMILES string of the molecule is COCCOCC1CC[C@@H](Nc2ccc(F)cc2)C2(O)CCCOC12. The predicted molar refractivity (Wildman–Crippen MR) is 93.2 cm³/mol. The highest BCUT2D eigenvalue weighted by molar-refractivity contribution is 5.45. The summed E-state index contributed by atoms with van der Waals surface area (Å²) in [5.74, 6) is -0.0894. The molecule has 140 valence electrons. The van der Waals surface area contributed by atoms with E-state index >= 15 is 0 Å². The van der Waals surface area contributed by atoms with Gasteiger partial charge in [0, 0.05) is 25.3 Å². The molecule has 1 aromatic carbocycles. The highest BCUT2D eigenvalue weighted by Crippen LogP contribution is 2.42. The van der Waals surface area contributed by atoms with Crippen LogP contribution in [0, 0.1) is 11.7 Å². The molecule has 0 spiro atoms. The topological polar surface area (TPSA) is 60.0 Å². The average molecular weight is 353 g/mol. The Labute approximate surface area is 148 Å². The number of halogens is 1. The van der Waals surface area contributed by atoms with Gasteiger partial charge in [0.05, 0.1) is 32.0 Å². The van der Waals surface area contributed by atoms with Crippen LogP contribution < -0.4 is 5.32 Å². The average Bonchev–Trinajstić information content (AvgIpc) is 2.62. The minimum Gasteiger partial charge on any atom is -0.385 e. The number of nitrogens with one attached hydrogen (secondary N) is 1. The van der Waals surface area contributed by atoms with Crippen molar-refractivity contribution in [3.8, 4) is 0 Å². The Balaban J connectivity index is 1.66. The van der Waals surface area contributed by atoms with E-state index in [0.29, 0.717) is 32.8 Å². The zero-order valence-electron chi connectivity index (χ0n) is 14.7. The van der Waals surface area contributed by atoms with Crippen molar-refractivity contribution in [3.63, 3.8) is 0 Å². The Morgan fingerprint density at radius 1 is 1.28 bits per heavy atom. The molecule has 1 aliphatic heterocycles. The quantitative estimate of drug-likeness (QED) is 0.738. The van der Waals surface area contributed by atoms with Crippen molar-refractivity contribution >= 4 is 5.69 Å². The lowest BCUT2D eigenvalue weighted by molar-refractivity contribution is -0.198. The molecule has 1 aromatic rings. The number of rotatable bonds is 7. The van der Waals surface area contributed by atoms with Gasteiger partial charge in [-0.05, 0) is 49.9 Å². The van der Waals surface area contributed by atoms with E-state index < -0.39 is 5.60 Å². The van der Waals surface area contributed by atoms with E-state index in [1.165, 1.54) is 12.1 Å².